The zero-order valence-corrected chi connectivity index (χ0v) is 33.6. The lowest BCUT2D eigenvalue weighted by Gasteiger charge is -2.37. The van der Waals surface area contributed by atoms with E-state index in [1.165, 1.54) is 44.5 Å². The molecule has 6 rings (SSSR count). The van der Waals surface area contributed by atoms with E-state index in [-0.39, 0.29) is 32.5 Å². The number of aromatic nitrogens is 8. The smallest absolute Gasteiger partial charge is 0.115 e. The summed E-state index contributed by atoms with van der Waals surface area (Å²) < 4.78 is 0. The monoisotopic (exact) mass is 688 g/mol. The van der Waals surface area contributed by atoms with Gasteiger partial charge in [-0.2, -0.15) is 15.3 Å². The number of aromatic amines is 3. The van der Waals surface area contributed by atoms with Crippen LogP contribution in [-0.4, -0.2) is 40.3 Å². The van der Waals surface area contributed by atoms with Gasteiger partial charge in [0.1, 0.15) is 5.52 Å². The van der Waals surface area contributed by atoms with E-state index in [2.05, 4.69) is 144 Å². The molecule has 0 bridgehead atoms. The van der Waals surface area contributed by atoms with Crippen LogP contribution in [-0.2, 0) is 32.5 Å². The number of H-pyrrole nitrogens is 3. The van der Waals surface area contributed by atoms with Gasteiger partial charge in [0.25, 0.3) is 0 Å². The molecule has 0 spiro atoms. The molecule has 0 amide bonds. The molecule has 6 aromatic heterocycles. The number of hydrogen-bond donors (Lipinski definition) is 3. The second-order valence-electron chi connectivity index (χ2n) is 19.7. The molecule has 0 aliphatic carbocycles. The number of nitrogens with one attached hydrogen (secondary N) is 3. The van der Waals surface area contributed by atoms with Crippen LogP contribution in [0.3, 0.4) is 0 Å². The fourth-order valence-electron chi connectivity index (χ4n) is 8.39. The van der Waals surface area contributed by atoms with Gasteiger partial charge >= 0.3 is 0 Å². The highest BCUT2D eigenvalue weighted by Gasteiger charge is 2.40. The van der Waals surface area contributed by atoms with Gasteiger partial charge in [0, 0.05) is 67.6 Å². The van der Waals surface area contributed by atoms with Crippen molar-refractivity contribution < 1.29 is 0 Å². The third-order valence-electron chi connectivity index (χ3n) is 11.5. The second-order valence-corrected chi connectivity index (χ2v) is 19.7. The fourth-order valence-corrected chi connectivity index (χ4v) is 8.39. The zero-order valence-electron chi connectivity index (χ0n) is 33.6. The van der Waals surface area contributed by atoms with Gasteiger partial charge in [-0.25, -0.2) is 0 Å². The normalized spacial score (nSPS) is 14.0. The summed E-state index contributed by atoms with van der Waals surface area (Å²) in [5.41, 5.74) is 11.5. The first-order valence-electron chi connectivity index (χ1n) is 18.7. The number of nitrogens with zero attached hydrogens (tertiary/aromatic N) is 5. The van der Waals surface area contributed by atoms with Crippen molar-refractivity contribution in [1.29, 1.82) is 0 Å². The van der Waals surface area contributed by atoms with Gasteiger partial charge in [0.15, 0.2) is 0 Å². The third kappa shape index (κ3) is 6.71. The Kier molecular flexibility index (Phi) is 8.83. The van der Waals surface area contributed by atoms with Crippen LogP contribution in [0.5, 0.6) is 0 Å². The van der Waals surface area contributed by atoms with E-state index >= 15 is 0 Å². The van der Waals surface area contributed by atoms with Gasteiger partial charge in [0.2, 0.25) is 0 Å². The molecule has 8 heteroatoms. The first-order chi connectivity index (χ1) is 23.5. The van der Waals surface area contributed by atoms with Crippen LogP contribution in [0.15, 0.2) is 43.1 Å². The van der Waals surface area contributed by atoms with Crippen molar-refractivity contribution in [3.8, 4) is 0 Å². The molecular weight excluding hydrogens is 629 g/mol. The first kappa shape index (κ1) is 36.7. The molecule has 51 heavy (non-hydrogen) atoms. The van der Waals surface area contributed by atoms with Crippen LogP contribution < -0.4 is 0 Å². The summed E-state index contributed by atoms with van der Waals surface area (Å²) in [5, 5.41) is 20.0. The lowest BCUT2D eigenvalue weighted by atomic mass is 9.67. The SMILES string of the molecule is CC(C)(C)c1[nH]c2cnncc2c1C(C)(C)CCC(C)(C)c1[nH]c2ccnnc2c1C(C)(C)CCC(C)(C)c1[nH]c2ccncc2c1C(C)(C)C. The van der Waals surface area contributed by atoms with Crippen molar-refractivity contribution in [2.24, 2.45) is 0 Å². The fraction of sp³-hybridized carbons (Fsp3) is 0.558. The van der Waals surface area contributed by atoms with E-state index in [0.29, 0.717) is 0 Å². The maximum Gasteiger partial charge on any atom is 0.115 e. The number of rotatable bonds is 10. The summed E-state index contributed by atoms with van der Waals surface area (Å²) in [7, 11) is 0. The highest BCUT2D eigenvalue weighted by Crippen LogP contribution is 2.48. The van der Waals surface area contributed by atoms with Crippen molar-refractivity contribution in [3.05, 3.63) is 76.9 Å². The highest BCUT2D eigenvalue weighted by molar-refractivity contribution is 5.86. The molecule has 0 aliphatic heterocycles. The highest BCUT2D eigenvalue weighted by atomic mass is 15.1. The Labute approximate surface area is 304 Å². The lowest BCUT2D eigenvalue weighted by molar-refractivity contribution is 0.344. The van der Waals surface area contributed by atoms with Gasteiger partial charge in [-0.05, 0) is 65.2 Å². The zero-order chi connectivity index (χ0) is 37.4. The maximum absolute atomic E-state index is 4.77. The molecule has 0 saturated heterocycles. The minimum atomic E-state index is -0.169. The van der Waals surface area contributed by atoms with Gasteiger partial charge in [-0.3, -0.25) is 4.98 Å². The summed E-state index contributed by atoms with van der Waals surface area (Å²) in [6, 6.07) is 4.18. The second kappa shape index (κ2) is 12.3. The van der Waals surface area contributed by atoms with Crippen LogP contribution in [0.2, 0.25) is 0 Å². The molecule has 8 nitrogen and oxygen atoms in total. The number of hydrogen-bond acceptors (Lipinski definition) is 5. The average molecular weight is 689 g/mol. The van der Waals surface area contributed by atoms with Crippen molar-refractivity contribution in [2.75, 3.05) is 0 Å². The van der Waals surface area contributed by atoms with Crippen molar-refractivity contribution in [2.45, 2.75) is 155 Å². The van der Waals surface area contributed by atoms with Crippen molar-refractivity contribution in [3.63, 3.8) is 0 Å². The predicted octanol–water partition coefficient (Wildman–Crippen LogP) is 10.8. The Morgan fingerprint density at radius 1 is 0.451 bits per heavy atom. The molecule has 0 aliphatic rings. The minimum Gasteiger partial charge on any atom is -0.358 e. The average Bonchev–Trinajstić information content (AvgIpc) is 3.76. The summed E-state index contributed by atoms with van der Waals surface area (Å²) in [4.78, 5) is 15.9. The standard InChI is InChI=1S/C43H60N8/c1-38(2,3)31-26-23-44-21-15-28(26)48-36(31)42(11,12)20-18-41(9,10)33-34-29(16-22-45-51-34)49-37(33)43(13,14)19-17-40(7,8)32-27-24-46-47-25-30(27)50-35(32)39(4,5)6/h15-16,21-25,48-50H,17-20H2,1-14H3. The maximum atomic E-state index is 4.77. The molecule has 0 radical (unpaired) electrons. The van der Waals surface area contributed by atoms with Gasteiger partial charge in [-0.15, -0.1) is 5.10 Å². The molecule has 3 N–H and O–H groups in total. The summed E-state index contributed by atoms with van der Waals surface area (Å²) in [6.07, 6.45) is 13.5. The molecular formula is C43H60N8. The van der Waals surface area contributed by atoms with Gasteiger partial charge in [-0.1, -0.05) is 96.9 Å². The molecule has 0 fully saturated rings. The number of fused-ring (bicyclic) bond motifs is 3. The Bertz CT molecular complexity index is 2190. The van der Waals surface area contributed by atoms with E-state index in [1.54, 1.807) is 6.20 Å². The third-order valence-corrected chi connectivity index (χ3v) is 11.5. The molecule has 0 atom stereocenters. The van der Waals surface area contributed by atoms with Crippen molar-refractivity contribution >= 4 is 32.8 Å². The Hall–Kier alpha value is -4.07. The summed E-state index contributed by atoms with van der Waals surface area (Å²) in [5.74, 6) is 0. The number of pyridine rings is 1. The lowest BCUT2D eigenvalue weighted by Crippen LogP contribution is -2.31. The van der Waals surface area contributed by atoms with E-state index in [4.69, 9.17) is 5.10 Å². The molecule has 0 unspecified atom stereocenters. The molecule has 6 heterocycles. The first-order valence-corrected chi connectivity index (χ1v) is 18.7. The minimum absolute atomic E-state index is 0.0193. The van der Waals surface area contributed by atoms with Crippen LogP contribution in [0, 0.1) is 0 Å². The van der Waals surface area contributed by atoms with Gasteiger partial charge < -0.3 is 15.0 Å². The van der Waals surface area contributed by atoms with E-state index in [0.717, 1.165) is 47.8 Å². The Morgan fingerprint density at radius 3 is 1.59 bits per heavy atom. The van der Waals surface area contributed by atoms with Crippen LogP contribution >= 0.6 is 0 Å². The largest absolute Gasteiger partial charge is 0.358 e. The van der Waals surface area contributed by atoms with Crippen LogP contribution in [0.4, 0.5) is 0 Å². The van der Waals surface area contributed by atoms with Crippen LogP contribution in [0.25, 0.3) is 32.8 Å². The topological polar surface area (TPSA) is 112 Å². The van der Waals surface area contributed by atoms with Crippen molar-refractivity contribution in [1.82, 2.24) is 40.3 Å². The molecule has 272 valence electrons. The summed E-state index contributed by atoms with van der Waals surface area (Å²) >= 11 is 0. The molecule has 0 aromatic carbocycles. The predicted molar refractivity (Wildman–Crippen MR) is 212 cm³/mol. The van der Waals surface area contributed by atoms with E-state index in [9.17, 15) is 0 Å². The van der Waals surface area contributed by atoms with Gasteiger partial charge in [0.05, 0.1) is 29.6 Å². The van der Waals surface area contributed by atoms with Crippen LogP contribution in [0.1, 0.15) is 156 Å². The Balaban J connectivity index is 1.34. The molecule has 0 saturated carbocycles. The van der Waals surface area contributed by atoms with E-state index < -0.39 is 0 Å². The summed E-state index contributed by atoms with van der Waals surface area (Å²) in [6.45, 7) is 32.9. The molecule has 6 aromatic rings. The Morgan fingerprint density at radius 2 is 0.961 bits per heavy atom. The van der Waals surface area contributed by atoms with E-state index in [1.807, 2.05) is 24.8 Å². The quantitative estimate of drug-likeness (QED) is 0.133.